The Kier molecular flexibility index (Phi) is 4.35. The lowest BCUT2D eigenvalue weighted by Crippen LogP contribution is -2.31. The van der Waals surface area contributed by atoms with Crippen LogP contribution in [0.15, 0.2) is 59.8 Å². The van der Waals surface area contributed by atoms with E-state index in [2.05, 4.69) is 15.4 Å². The van der Waals surface area contributed by atoms with Crippen molar-refractivity contribution < 1.29 is 9.53 Å². The maximum Gasteiger partial charge on any atom is 0.248 e. The van der Waals surface area contributed by atoms with E-state index in [1.807, 2.05) is 62.4 Å². The van der Waals surface area contributed by atoms with Gasteiger partial charge >= 0.3 is 0 Å². The number of anilines is 1. The third-order valence-corrected chi connectivity index (χ3v) is 4.86. The van der Waals surface area contributed by atoms with Crippen LogP contribution in [0.4, 0.5) is 5.95 Å². The summed E-state index contributed by atoms with van der Waals surface area (Å²) in [6.45, 7) is 3.85. The average molecular weight is 375 g/mol. The zero-order valence-corrected chi connectivity index (χ0v) is 15.9. The van der Waals surface area contributed by atoms with Gasteiger partial charge in [-0.25, -0.2) is 4.68 Å². The lowest BCUT2D eigenvalue weighted by atomic mass is 9.95. The molecule has 1 atom stereocenters. The third kappa shape index (κ3) is 3.00. The molecule has 1 aromatic heterocycles. The largest absolute Gasteiger partial charge is 0.497 e. The van der Waals surface area contributed by atoms with Crippen molar-refractivity contribution in [1.82, 2.24) is 14.8 Å². The van der Waals surface area contributed by atoms with Crippen molar-refractivity contribution in [2.75, 3.05) is 12.4 Å². The molecule has 0 saturated carbocycles. The summed E-state index contributed by atoms with van der Waals surface area (Å²) in [6, 6.07) is 15.0. The summed E-state index contributed by atoms with van der Waals surface area (Å²) in [5.41, 5.74) is 9.78. The van der Waals surface area contributed by atoms with Crippen molar-refractivity contribution in [3.63, 3.8) is 0 Å². The molecular weight excluding hydrogens is 354 g/mol. The number of nitrogens with two attached hydrogens (primary N) is 1. The fourth-order valence-electron chi connectivity index (χ4n) is 3.39. The van der Waals surface area contributed by atoms with Crippen LogP contribution >= 0.6 is 0 Å². The number of methoxy groups -OCH3 is 1. The number of nitrogens with zero attached hydrogens (tertiary/aromatic N) is 3. The minimum atomic E-state index is -0.496. The molecule has 2 aromatic carbocycles. The summed E-state index contributed by atoms with van der Waals surface area (Å²) in [4.78, 5) is 16.9. The van der Waals surface area contributed by atoms with Crippen LogP contribution in [0.25, 0.3) is 11.4 Å². The molecule has 142 valence electrons. The van der Waals surface area contributed by atoms with Gasteiger partial charge in [-0.2, -0.15) is 4.98 Å². The Balaban J connectivity index is 1.84. The minimum absolute atomic E-state index is 0.457. The van der Waals surface area contributed by atoms with Crippen molar-refractivity contribution >= 4 is 11.9 Å². The fraction of sp³-hybridized carbons (Fsp3) is 0.190. The van der Waals surface area contributed by atoms with Crippen molar-refractivity contribution in [1.29, 1.82) is 0 Å². The first kappa shape index (κ1) is 17.8. The van der Waals surface area contributed by atoms with Gasteiger partial charge in [0.2, 0.25) is 11.9 Å². The summed E-state index contributed by atoms with van der Waals surface area (Å²) < 4.78 is 6.95. The second-order valence-electron chi connectivity index (χ2n) is 6.77. The zero-order chi connectivity index (χ0) is 19.8. The standard InChI is InChI=1S/C21H21N5O2/c1-12-4-6-15(7-5-12)20-24-21-23-13(2)17(19(22)27)18(26(21)25-20)14-8-10-16(28-3)11-9-14/h4-11,18H,1-3H3,(H2,22,27)(H,23,24,25). The molecule has 0 fully saturated rings. The Morgan fingerprint density at radius 2 is 1.79 bits per heavy atom. The van der Waals surface area contributed by atoms with Gasteiger partial charge in [0.05, 0.1) is 12.7 Å². The zero-order valence-electron chi connectivity index (χ0n) is 15.9. The molecule has 3 N–H and O–H groups in total. The second-order valence-corrected chi connectivity index (χ2v) is 6.77. The van der Waals surface area contributed by atoms with Gasteiger partial charge in [0.15, 0.2) is 5.82 Å². The SMILES string of the molecule is COc1ccc(C2C(C(N)=O)=C(C)Nc3nc(-c4ccc(C)cc4)nn32)cc1. The van der Waals surface area contributed by atoms with E-state index in [0.29, 0.717) is 23.0 Å². The van der Waals surface area contributed by atoms with Gasteiger partial charge in [0.1, 0.15) is 11.8 Å². The first-order valence-corrected chi connectivity index (χ1v) is 8.93. The van der Waals surface area contributed by atoms with Gasteiger partial charge < -0.3 is 15.8 Å². The minimum Gasteiger partial charge on any atom is -0.497 e. The Hall–Kier alpha value is -3.61. The summed E-state index contributed by atoms with van der Waals surface area (Å²) in [5.74, 6) is 1.39. The van der Waals surface area contributed by atoms with Gasteiger partial charge in [0.25, 0.3) is 0 Å². The Labute approximate surface area is 162 Å². The molecule has 7 nitrogen and oxygen atoms in total. The number of allylic oxidation sites excluding steroid dienone is 1. The van der Waals surface area contributed by atoms with Crippen LogP contribution < -0.4 is 15.8 Å². The molecule has 0 aliphatic carbocycles. The molecular formula is C21H21N5O2. The number of carbonyl (C=O) groups is 1. The maximum absolute atomic E-state index is 12.2. The molecule has 1 unspecified atom stereocenters. The number of amides is 1. The van der Waals surface area contributed by atoms with E-state index < -0.39 is 11.9 Å². The Morgan fingerprint density at radius 1 is 1.11 bits per heavy atom. The summed E-state index contributed by atoms with van der Waals surface area (Å²) >= 11 is 0. The highest BCUT2D eigenvalue weighted by Gasteiger charge is 2.33. The number of hydrogen-bond acceptors (Lipinski definition) is 5. The van der Waals surface area contributed by atoms with Gasteiger partial charge in [-0.15, -0.1) is 5.10 Å². The van der Waals surface area contributed by atoms with E-state index >= 15 is 0 Å². The van der Waals surface area contributed by atoms with Crippen molar-refractivity contribution in [3.8, 4) is 17.1 Å². The van der Waals surface area contributed by atoms with Crippen LogP contribution in [0.1, 0.15) is 24.1 Å². The number of carbonyl (C=O) groups excluding carboxylic acids is 1. The highest BCUT2D eigenvalue weighted by Crippen LogP contribution is 2.36. The van der Waals surface area contributed by atoms with Crippen LogP contribution in [0, 0.1) is 6.92 Å². The van der Waals surface area contributed by atoms with E-state index in [1.54, 1.807) is 11.8 Å². The van der Waals surface area contributed by atoms with E-state index in [9.17, 15) is 4.79 Å². The van der Waals surface area contributed by atoms with Crippen molar-refractivity contribution in [2.24, 2.45) is 5.73 Å². The monoisotopic (exact) mass is 375 g/mol. The van der Waals surface area contributed by atoms with E-state index in [0.717, 1.165) is 22.4 Å². The summed E-state index contributed by atoms with van der Waals surface area (Å²) in [5, 5.41) is 7.85. The van der Waals surface area contributed by atoms with Crippen LogP contribution in [0.5, 0.6) is 5.75 Å². The number of hydrogen-bond donors (Lipinski definition) is 2. The third-order valence-electron chi connectivity index (χ3n) is 4.86. The number of aryl methyl sites for hydroxylation is 1. The second kappa shape index (κ2) is 6.84. The van der Waals surface area contributed by atoms with Gasteiger partial charge in [-0.1, -0.05) is 42.0 Å². The quantitative estimate of drug-likeness (QED) is 0.731. The van der Waals surface area contributed by atoms with Crippen LogP contribution in [0.2, 0.25) is 0 Å². The molecule has 3 aromatic rings. The molecule has 28 heavy (non-hydrogen) atoms. The molecule has 4 rings (SSSR count). The fourth-order valence-corrected chi connectivity index (χ4v) is 3.39. The number of rotatable bonds is 4. The normalized spacial score (nSPS) is 15.8. The van der Waals surface area contributed by atoms with Gasteiger partial charge in [-0.3, -0.25) is 4.79 Å². The molecule has 0 radical (unpaired) electrons. The molecule has 2 heterocycles. The number of primary amides is 1. The van der Waals surface area contributed by atoms with E-state index in [4.69, 9.17) is 10.5 Å². The van der Waals surface area contributed by atoms with E-state index in [-0.39, 0.29) is 0 Å². The summed E-state index contributed by atoms with van der Waals surface area (Å²) in [6.07, 6.45) is 0. The highest BCUT2D eigenvalue weighted by molar-refractivity contribution is 5.95. The predicted octanol–water partition coefficient (Wildman–Crippen LogP) is 3.04. The van der Waals surface area contributed by atoms with Crippen molar-refractivity contribution in [3.05, 3.63) is 70.9 Å². The molecule has 1 aliphatic heterocycles. The number of ether oxygens (including phenoxy) is 1. The summed E-state index contributed by atoms with van der Waals surface area (Å²) in [7, 11) is 1.61. The topological polar surface area (TPSA) is 95.1 Å². The van der Waals surface area contributed by atoms with Gasteiger partial charge in [-0.05, 0) is 31.5 Å². The molecule has 1 aliphatic rings. The number of nitrogens with one attached hydrogen (secondary N) is 1. The molecule has 0 spiro atoms. The van der Waals surface area contributed by atoms with Crippen LogP contribution in [-0.2, 0) is 4.79 Å². The highest BCUT2D eigenvalue weighted by atomic mass is 16.5. The molecule has 0 saturated heterocycles. The Morgan fingerprint density at radius 3 is 2.39 bits per heavy atom. The number of fused-ring (bicyclic) bond motifs is 1. The maximum atomic E-state index is 12.2. The molecule has 7 heteroatoms. The van der Waals surface area contributed by atoms with Crippen LogP contribution in [0.3, 0.4) is 0 Å². The smallest absolute Gasteiger partial charge is 0.248 e. The first-order chi connectivity index (χ1) is 13.5. The number of aromatic nitrogens is 3. The Bertz CT molecular complexity index is 1070. The van der Waals surface area contributed by atoms with E-state index in [1.165, 1.54) is 0 Å². The lowest BCUT2D eigenvalue weighted by molar-refractivity contribution is -0.115. The van der Waals surface area contributed by atoms with Gasteiger partial charge in [0, 0.05) is 11.3 Å². The van der Waals surface area contributed by atoms with Crippen LogP contribution in [-0.4, -0.2) is 27.8 Å². The van der Waals surface area contributed by atoms with Crippen molar-refractivity contribution in [2.45, 2.75) is 19.9 Å². The lowest BCUT2D eigenvalue weighted by Gasteiger charge is -2.27. The number of benzene rings is 2. The average Bonchev–Trinajstić information content (AvgIpc) is 3.10. The molecule has 0 bridgehead atoms. The first-order valence-electron chi connectivity index (χ1n) is 8.93. The molecule has 1 amide bonds. The predicted molar refractivity (Wildman–Crippen MR) is 107 cm³/mol.